The normalized spacial score (nSPS) is 14.1. The van der Waals surface area contributed by atoms with Crippen molar-refractivity contribution < 1.29 is 9.53 Å². The largest absolute Gasteiger partial charge is 0.450 e. The Morgan fingerprint density at radius 3 is 2.34 bits per heavy atom. The van der Waals surface area contributed by atoms with Gasteiger partial charge in [-0.1, -0.05) is 42.5 Å². The highest BCUT2D eigenvalue weighted by Gasteiger charge is 2.16. The third-order valence-electron chi connectivity index (χ3n) is 5.65. The quantitative estimate of drug-likeness (QED) is 0.442. The molecule has 2 aromatic rings. The van der Waals surface area contributed by atoms with Crippen LogP contribution in [0.5, 0.6) is 0 Å². The number of hydrogen-bond donors (Lipinski definition) is 2. The monoisotopic (exact) mass is 454 g/mol. The first-order valence-corrected chi connectivity index (χ1v) is 11.9. The van der Waals surface area contributed by atoms with E-state index in [1.54, 1.807) is 6.92 Å². The van der Waals surface area contributed by atoms with Crippen LogP contribution in [0.1, 0.15) is 30.9 Å². The zero-order valence-corrected chi connectivity index (χ0v) is 19.7. The molecule has 0 unspecified atom stereocenters. The molecule has 2 aromatic carbocycles. The Morgan fingerprint density at radius 2 is 1.66 bits per heavy atom. The van der Waals surface area contributed by atoms with E-state index in [9.17, 15) is 4.79 Å². The predicted molar refractivity (Wildman–Crippen MR) is 134 cm³/mol. The lowest BCUT2D eigenvalue weighted by Crippen LogP contribution is -2.46. The van der Waals surface area contributed by atoms with Gasteiger partial charge in [0.05, 0.1) is 6.61 Å². The lowest BCUT2D eigenvalue weighted by Gasteiger charge is -2.36. The average Bonchev–Trinajstić information content (AvgIpc) is 2.82. The fourth-order valence-electron chi connectivity index (χ4n) is 3.84. The third kappa shape index (κ3) is 8.13. The number of nitrogens with one attached hydrogen (secondary N) is 2. The van der Waals surface area contributed by atoms with E-state index >= 15 is 0 Å². The van der Waals surface area contributed by atoms with Crippen molar-refractivity contribution in [2.45, 2.75) is 32.7 Å². The fraction of sp³-hybridized carbons (Fsp3) is 0.440. The summed E-state index contributed by atoms with van der Waals surface area (Å²) in [5, 5.41) is 5.78. The summed E-state index contributed by atoms with van der Waals surface area (Å²) in [5.41, 5.74) is 3.82. The van der Waals surface area contributed by atoms with E-state index in [-0.39, 0.29) is 5.11 Å². The molecule has 7 heteroatoms. The van der Waals surface area contributed by atoms with Crippen LogP contribution in [0.3, 0.4) is 0 Å². The minimum atomic E-state index is -0.529. The highest BCUT2D eigenvalue weighted by Crippen LogP contribution is 2.16. The topological polar surface area (TPSA) is 56.8 Å². The van der Waals surface area contributed by atoms with Crippen LogP contribution >= 0.6 is 12.2 Å². The Bertz CT molecular complexity index is 837. The Balaban J connectivity index is 1.28. The van der Waals surface area contributed by atoms with Gasteiger partial charge in [-0.2, -0.15) is 0 Å². The Morgan fingerprint density at radius 1 is 0.969 bits per heavy atom. The second-order valence-electron chi connectivity index (χ2n) is 7.97. The number of hydrogen-bond acceptors (Lipinski definition) is 5. The molecule has 0 aliphatic carbocycles. The van der Waals surface area contributed by atoms with Crippen LogP contribution in [0, 0.1) is 0 Å². The molecule has 1 heterocycles. The number of para-hydroxylation sites is 1. The number of benzene rings is 2. The molecule has 0 bridgehead atoms. The van der Waals surface area contributed by atoms with Gasteiger partial charge >= 0.3 is 6.09 Å². The zero-order valence-electron chi connectivity index (χ0n) is 18.9. The number of thiocarbonyl (C=S) groups is 1. The summed E-state index contributed by atoms with van der Waals surface area (Å²) in [6, 6.07) is 19.3. The van der Waals surface area contributed by atoms with Crippen molar-refractivity contribution >= 4 is 29.1 Å². The van der Waals surface area contributed by atoms with Gasteiger partial charge in [0, 0.05) is 38.4 Å². The molecule has 1 fully saturated rings. The van der Waals surface area contributed by atoms with E-state index in [2.05, 4.69) is 75.0 Å². The molecule has 1 saturated heterocycles. The van der Waals surface area contributed by atoms with Gasteiger partial charge < -0.3 is 15.0 Å². The highest BCUT2D eigenvalue weighted by molar-refractivity contribution is 7.80. The van der Waals surface area contributed by atoms with Gasteiger partial charge in [-0.05, 0) is 68.2 Å². The van der Waals surface area contributed by atoms with Crippen LogP contribution in [0.4, 0.5) is 10.5 Å². The van der Waals surface area contributed by atoms with Crippen LogP contribution in [0.2, 0.25) is 0 Å². The van der Waals surface area contributed by atoms with Crippen molar-refractivity contribution in [1.29, 1.82) is 0 Å². The number of alkyl carbamates (subject to hydrolysis) is 1. The summed E-state index contributed by atoms with van der Waals surface area (Å²) in [5.74, 6) is 0. The van der Waals surface area contributed by atoms with Crippen LogP contribution in [-0.2, 0) is 17.7 Å². The molecule has 1 aliphatic rings. The molecule has 0 saturated carbocycles. The number of carbonyl (C=O) groups is 1. The van der Waals surface area contributed by atoms with E-state index in [4.69, 9.17) is 17.0 Å². The lowest BCUT2D eigenvalue weighted by atomic mass is 10.1. The first-order valence-electron chi connectivity index (χ1n) is 11.5. The molecule has 172 valence electrons. The molecule has 32 heavy (non-hydrogen) atoms. The van der Waals surface area contributed by atoms with Crippen molar-refractivity contribution in [3.63, 3.8) is 0 Å². The molecule has 0 aromatic heterocycles. The van der Waals surface area contributed by atoms with Crippen LogP contribution in [-0.4, -0.2) is 55.4 Å². The predicted octanol–water partition coefficient (Wildman–Crippen LogP) is 3.95. The van der Waals surface area contributed by atoms with Crippen LogP contribution in [0.25, 0.3) is 0 Å². The number of piperazine rings is 1. The number of anilines is 1. The molecule has 3 rings (SSSR count). The molecule has 0 spiro atoms. The molecule has 6 nitrogen and oxygen atoms in total. The van der Waals surface area contributed by atoms with E-state index < -0.39 is 6.09 Å². The number of aryl methyl sites for hydroxylation is 1. The van der Waals surface area contributed by atoms with Crippen molar-refractivity contribution in [2.24, 2.45) is 0 Å². The summed E-state index contributed by atoms with van der Waals surface area (Å²) >= 11 is 5.10. The van der Waals surface area contributed by atoms with Crippen molar-refractivity contribution in [3.05, 3.63) is 65.7 Å². The van der Waals surface area contributed by atoms with Crippen molar-refractivity contribution in [3.8, 4) is 0 Å². The highest BCUT2D eigenvalue weighted by atomic mass is 32.1. The second kappa shape index (κ2) is 13.0. The van der Waals surface area contributed by atoms with Crippen LogP contribution < -0.4 is 15.5 Å². The van der Waals surface area contributed by atoms with E-state index in [1.807, 2.05) is 0 Å². The maximum atomic E-state index is 11.3. The van der Waals surface area contributed by atoms with Crippen molar-refractivity contribution in [1.82, 2.24) is 15.5 Å². The van der Waals surface area contributed by atoms with Crippen LogP contribution in [0.15, 0.2) is 54.6 Å². The average molecular weight is 455 g/mol. The van der Waals surface area contributed by atoms with Gasteiger partial charge in [0.1, 0.15) is 0 Å². The van der Waals surface area contributed by atoms with Gasteiger partial charge in [-0.15, -0.1) is 0 Å². The molecule has 2 N–H and O–H groups in total. The fourth-order valence-corrected chi connectivity index (χ4v) is 4.00. The minimum Gasteiger partial charge on any atom is -0.450 e. The number of carbonyl (C=O) groups excluding carboxylic acids is 1. The third-order valence-corrected chi connectivity index (χ3v) is 5.90. The minimum absolute atomic E-state index is 0.275. The summed E-state index contributed by atoms with van der Waals surface area (Å²) in [6.07, 6.45) is 2.99. The smallest absolute Gasteiger partial charge is 0.413 e. The molecule has 0 radical (unpaired) electrons. The second-order valence-corrected chi connectivity index (χ2v) is 8.37. The Labute approximate surface area is 196 Å². The van der Waals surface area contributed by atoms with Gasteiger partial charge in [0.2, 0.25) is 0 Å². The standard InChI is InChI=1S/C25H34N4O2S/c1-2-31-25(30)27-24(32)26-20-22-13-11-21(12-14-22)8-6-7-15-28-16-18-29(19-17-28)23-9-4-3-5-10-23/h3-5,9-14H,2,6-8,15-20H2,1H3,(H2,26,27,30,32). The first kappa shape index (κ1) is 24.0. The molecule has 1 aliphatic heterocycles. The summed E-state index contributed by atoms with van der Waals surface area (Å²) in [4.78, 5) is 16.4. The number of nitrogens with zero attached hydrogens (tertiary/aromatic N) is 2. The SMILES string of the molecule is CCOC(=O)NC(=S)NCc1ccc(CCCCN2CCN(c3ccccc3)CC2)cc1. The number of rotatable bonds is 9. The zero-order chi connectivity index (χ0) is 22.6. The van der Waals surface area contributed by atoms with E-state index in [1.165, 1.54) is 30.6 Å². The molecule has 0 atom stereocenters. The van der Waals surface area contributed by atoms with Crippen molar-refractivity contribution in [2.75, 3.05) is 44.2 Å². The van der Waals surface area contributed by atoms with E-state index in [0.29, 0.717) is 13.2 Å². The van der Waals surface area contributed by atoms with E-state index in [0.717, 1.165) is 38.2 Å². The lowest BCUT2D eigenvalue weighted by molar-refractivity contribution is 0.157. The summed E-state index contributed by atoms with van der Waals surface area (Å²) in [7, 11) is 0. The van der Waals surface area contributed by atoms with Gasteiger partial charge in [-0.3, -0.25) is 10.2 Å². The maximum absolute atomic E-state index is 11.3. The Kier molecular flexibility index (Phi) is 9.78. The maximum Gasteiger partial charge on any atom is 0.413 e. The van der Waals surface area contributed by atoms with Gasteiger partial charge in [0.15, 0.2) is 5.11 Å². The van der Waals surface area contributed by atoms with Gasteiger partial charge in [0.25, 0.3) is 0 Å². The van der Waals surface area contributed by atoms with Gasteiger partial charge in [-0.25, -0.2) is 4.79 Å². The molecular weight excluding hydrogens is 420 g/mol. The molecule has 1 amide bonds. The number of amides is 1. The Hall–Kier alpha value is -2.64. The molecular formula is C25H34N4O2S. The summed E-state index contributed by atoms with van der Waals surface area (Å²) < 4.78 is 4.81. The number of ether oxygens (including phenoxy) is 1. The summed E-state index contributed by atoms with van der Waals surface area (Å²) in [6.45, 7) is 8.32. The number of unbranched alkanes of at least 4 members (excludes halogenated alkanes) is 1. The first-order chi connectivity index (χ1) is 15.6.